The van der Waals surface area contributed by atoms with Gasteiger partial charge in [-0.25, -0.2) is 4.39 Å². The van der Waals surface area contributed by atoms with Gasteiger partial charge in [-0.05, 0) is 34.2 Å². The normalized spacial score (nSPS) is 10.2. The fourth-order valence-electron chi connectivity index (χ4n) is 1.39. The summed E-state index contributed by atoms with van der Waals surface area (Å²) in [6, 6.07) is 8.23. The van der Waals surface area contributed by atoms with Crippen molar-refractivity contribution in [2.45, 2.75) is 0 Å². The second-order valence-electron chi connectivity index (χ2n) is 3.28. The summed E-state index contributed by atoms with van der Waals surface area (Å²) in [7, 11) is 0. The van der Waals surface area contributed by atoms with Crippen molar-refractivity contribution in [2.24, 2.45) is 0 Å². The molecule has 17 heavy (non-hydrogen) atoms. The highest BCUT2D eigenvalue weighted by molar-refractivity contribution is 5.62. The zero-order valence-electron chi connectivity index (χ0n) is 8.50. The van der Waals surface area contributed by atoms with E-state index >= 15 is 0 Å². The fourth-order valence-corrected chi connectivity index (χ4v) is 1.39. The molecule has 0 aliphatic heterocycles. The predicted octanol–water partition coefficient (Wildman–Crippen LogP) is 2.50. The number of nitrogens with zero attached hydrogens (tertiary/aromatic N) is 2. The van der Waals surface area contributed by atoms with Gasteiger partial charge in [-0.1, -0.05) is 12.1 Å². The maximum atomic E-state index is 13.4. The van der Waals surface area contributed by atoms with Crippen molar-refractivity contribution >= 4 is 5.82 Å². The molecule has 0 aliphatic carbocycles. The summed E-state index contributed by atoms with van der Waals surface area (Å²) in [5.41, 5.74) is 0.253. The lowest BCUT2D eigenvalue weighted by Gasteiger charge is -2.00. The summed E-state index contributed by atoms with van der Waals surface area (Å²) in [6.07, 6.45) is 0. The lowest BCUT2D eigenvalue weighted by molar-refractivity contribution is -0.390. The van der Waals surface area contributed by atoms with E-state index in [2.05, 4.69) is 4.98 Å². The van der Waals surface area contributed by atoms with Gasteiger partial charge in [0, 0.05) is 0 Å². The molecule has 0 atom stereocenters. The first-order chi connectivity index (χ1) is 8.09. The van der Waals surface area contributed by atoms with Crippen molar-refractivity contribution in [2.75, 3.05) is 0 Å². The molecule has 0 aliphatic rings. The van der Waals surface area contributed by atoms with Crippen molar-refractivity contribution in [3.05, 3.63) is 52.3 Å². The average molecular weight is 234 g/mol. The van der Waals surface area contributed by atoms with Gasteiger partial charge >= 0.3 is 5.82 Å². The van der Waals surface area contributed by atoms with Crippen molar-refractivity contribution in [1.29, 1.82) is 0 Å². The van der Waals surface area contributed by atoms with Gasteiger partial charge in [0.05, 0.1) is 5.56 Å². The van der Waals surface area contributed by atoms with Crippen LogP contribution in [0.15, 0.2) is 36.4 Å². The topological polar surface area (TPSA) is 76.3 Å². The highest BCUT2D eigenvalue weighted by Gasteiger charge is 2.19. The molecule has 0 saturated carbocycles. The number of hydrogen-bond donors (Lipinski definition) is 1. The Balaban J connectivity index is 2.58. The Bertz CT molecular complexity index is 587. The molecule has 1 aromatic carbocycles. The van der Waals surface area contributed by atoms with Gasteiger partial charge in [0.2, 0.25) is 5.75 Å². The number of pyridine rings is 1. The summed E-state index contributed by atoms with van der Waals surface area (Å²) >= 11 is 0. The van der Waals surface area contributed by atoms with Gasteiger partial charge in [-0.15, -0.1) is 0 Å². The molecule has 2 rings (SSSR count). The molecule has 86 valence electrons. The Morgan fingerprint density at radius 3 is 2.59 bits per heavy atom. The quantitative estimate of drug-likeness (QED) is 0.639. The van der Waals surface area contributed by atoms with Gasteiger partial charge in [0.15, 0.2) is 5.69 Å². The number of aromatic hydroxyl groups is 1. The summed E-state index contributed by atoms with van der Waals surface area (Å²) in [5.74, 6) is -1.76. The summed E-state index contributed by atoms with van der Waals surface area (Å²) in [5, 5.41) is 19.8. The molecule has 0 saturated heterocycles. The van der Waals surface area contributed by atoms with E-state index in [1.54, 1.807) is 6.07 Å². The van der Waals surface area contributed by atoms with Gasteiger partial charge in [-0.3, -0.25) is 0 Å². The van der Waals surface area contributed by atoms with Gasteiger partial charge in [-0.2, -0.15) is 0 Å². The minimum atomic E-state index is -0.820. The molecule has 6 heteroatoms. The highest BCUT2D eigenvalue weighted by atomic mass is 19.1. The molecule has 1 N–H and O–H groups in total. The first-order valence-electron chi connectivity index (χ1n) is 4.69. The van der Waals surface area contributed by atoms with Crippen LogP contribution in [0.5, 0.6) is 5.75 Å². The maximum absolute atomic E-state index is 13.4. The number of rotatable bonds is 2. The molecule has 0 spiro atoms. The molecule has 2 aromatic rings. The number of halogens is 1. The smallest absolute Gasteiger partial charge is 0.406 e. The number of hydrogen-bond acceptors (Lipinski definition) is 4. The third kappa shape index (κ3) is 2.05. The Kier molecular flexibility index (Phi) is 2.70. The van der Waals surface area contributed by atoms with E-state index in [0.717, 1.165) is 6.07 Å². The molecule has 0 amide bonds. The van der Waals surface area contributed by atoms with Crippen LogP contribution in [0, 0.1) is 15.9 Å². The zero-order valence-corrected chi connectivity index (χ0v) is 8.50. The monoisotopic (exact) mass is 234 g/mol. The lowest BCUT2D eigenvalue weighted by atomic mass is 10.1. The van der Waals surface area contributed by atoms with Crippen LogP contribution in [0.1, 0.15) is 0 Å². The van der Waals surface area contributed by atoms with E-state index in [0.29, 0.717) is 0 Å². The Labute approximate surface area is 95.3 Å². The third-order valence-corrected chi connectivity index (χ3v) is 2.18. The SMILES string of the molecule is O=[N+]([O-])c1nc(-c2ccccc2F)ccc1O. The van der Waals surface area contributed by atoms with Crippen molar-refractivity contribution in [3.63, 3.8) is 0 Å². The molecule has 0 unspecified atom stereocenters. The van der Waals surface area contributed by atoms with Crippen molar-refractivity contribution in [1.82, 2.24) is 4.98 Å². The van der Waals surface area contributed by atoms with E-state index < -0.39 is 22.3 Å². The summed E-state index contributed by atoms with van der Waals surface area (Å²) < 4.78 is 13.4. The maximum Gasteiger partial charge on any atom is 0.406 e. The number of benzene rings is 1. The van der Waals surface area contributed by atoms with Crippen LogP contribution in [0.25, 0.3) is 11.3 Å². The zero-order chi connectivity index (χ0) is 12.4. The lowest BCUT2D eigenvalue weighted by Crippen LogP contribution is -1.95. The van der Waals surface area contributed by atoms with Gasteiger partial charge in [0.25, 0.3) is 0 Å². The minimum Gasteiger partial charge on any atom is -0.501 e. The highest BCUT2D eigenvalue weighted by Crippen LogP contribution is 2.28. The first-order valence-corrected chi connectivity index (χ1v) is 4.69. The molecule has 0 fully saturated rings. The van der Waals surface area contributed by atoms with Crippen molar-refractivity contribution in [3.8, 4) is 17.0 Å². The Morgan fingerprint density at radius 1 is 1.24 bits per heavy atom. The molecule has 0 bridgehead atoms. The van der Waals surface area contributed by atoms with Crippen LogP contribution in [0.4, 0.5) is 10.2 Å². The third-order valence-electron chi connectivity index (χ3n) is 2.18. The van der Waals surface area contributed by atoms with E-state index in [4.69, 9.17) is 0 Å². The van der Waals surface area contributed by atoms with Crippen LogP contribution in [-0.4, -0.2) is 15.0 Å². The van der Waals surface area contributed by atoms with E-state index in [1.165, 1.54) is 24.3 Å². The van der Waals surface area contributed by atoms with Crippen LogP contribution >= 0.6 is 0 Å². The fraction of sp³-hybridized carbons (Fsp3) is 0. The Morgan fingerprint density at radius 2 is 1.94 bits per heavy atom. The molecule has 0 radical (unpaired) electrons. The molecular weight excluding hydrogens is 227 g/mol. The largest absolute Gasteiger partial charge is 0.501 e. The average Bonchev–Trinajstić information content (AvgIpc) is 2.30. The van der Waals surface area contributed by atoms with Crippen LogP contribution < -0.4 is 0 Å². The van der Waals surface area contributed by atoms with Gasteiger partial charge in [0.1, 0.15) is 5.82 Å². The minimum absolute atomic E-state index is 0.104. The van der Waals surface area contributed by atoms with Crippen LogP contribution in [-0.2, 0) is 0 Å². The standard InChI is InChI=1S/C11H7FN2O3/c12-8-4-2-1-3-7(8)9-5-6-10(15)11(13-9)14(16)17/h1-6,15H. The second kappa shape index (κ2) is 4.17. The van der Waals surface area contributed by atoms with Gasteiger partial charge < -0.3 is 15.2 Å². The molecular formula is C11H7FN2O3. The summed E-state index contributed by atoms with van der Waals surface area (Å²) in [4.78, 5) is 13.4. The van der Waals surface area contributed by atoms with Crippen LogP contribution in [0.3, 0.4) is 0 Å². The molecule has 1 aromatic heterocycles. The summed E-state index contributed by atoms with van der Waals surface area (Å²) in [6.45, 7) is 0. The van der Waals surface area contributed by atoms with E-state index in [1.807, 2.05) is 0 Å². The first kappa shape index (κ1) is 11.0. The molecule has 5 nitrogen and oxygen atoms in total. The predicted molar refractivity (Wildman–Crippen MR) is 58.0 cm³/mol. The number of aromatic nitrogens is 1. The van der Waals surface area contributed by atoms with Crippen LogP contribution in [0.2, 0.25) is 0 Å². The Hall–Kier alpha value is -2.50. The van der Waals surface area contributed by atoms with Crippen molar-refractivity contribution < 1.29 is 14.4 Å². The molecule has 1 heterocycles. The van der Waals surface area contributed by atoms with E-state index in [9.17, 15) is 19.6 Å². The van der Waals surface area contributed by atoms with E-state index in [-0.39, 0.29) is 11.3 Å². The number of nitro groups is 1. The second-order valence-corrected chi connectivity index (χ2v) is 3.28.